The minimum Gasteiger partial charge on any atom is -0.456 e. The second-order valence-corrected chi connectivity index (χ2v) is 13.5. The van der Waals surface area contributed by atoms with Crippen molar-refractivity contribution in [1.29, 1.82) is 0 Å². The van der Waals surface area contributed by atoms with Crippen LogP contribution in [0, 0.1) is 0 Å². The lowest BCUT2D eigenvalue weighted by molar-refractivity contribution is 0.161. The van der Waals surface area contributed by atoms with E-state index < -0.39 is 0 Å². The van der Waals surface area contributed by atoms with Gasteiger partial charge in [-0.05, 0) is 59.7 Å². The first-order valence-electron chi connectivity index (χ1n) is 17.5. The van der Waals surface area contributed by atoms with Crippen LogP contribution in [0.15, 0.2) is 168 Å². The van der Waals surface area contributed by atoms with Crippen LogP contribution in [0.4, 0.5) is 0 Å². The normalized spacial score (nSPS) is 18.2. The molecule has 1 aliphatic heterocycles. The minimum absolute atomic E-state index is 0.0797. The third-order valence-corrected chi connectivity index (χ3v) is 10.6. The second-order valence-electron chi connectivity index (χ2n) is 13.5. The van der Waals surface area contributed by atoms with Crippen LogP contribution >= 0.6 is 0 Å². The first-order valence-corrected chi connectivity index (χ1v) is 17.5. The Kier molecular flexibility index (Phi) is 6.27. The largest absolute Gasteiger partial charge is 0.456 e. The molecule has 10 aromatic rings. The van der Waals surface area contributed by atoms with E-state index in [2.05, 4.69) is 183 Å². The Hall–Kier alpha value is -6.18. The van der Waals surface area contributed by atoms with Crippen molar-refractivity contribution >= 4 is 65.6 Å². The van der Waals surface area contributed by atoms with Gasteiger partial charge < -0.3 is 13.6 Å². The highest BCUT2D eigenvalue weighted by Gasteiger charge is 2.31. The van der Waals surface area contributed by atoms with Crippen molar-refractivity contribution < 1.29 is 4.42 Å². The SMILES string of the molecule is c1ccc(C2NC(c3ccccc3)NC(n3c4ccccc4c4cc5c(cc43)c3cc4oc6ccccc6c4cc3n5-c3ccccc3)N2)cc1. The monoisotopic (exact) mass is 659 g/mol. The summed E-state index contributed by atoms with van der Waals surface area (Å²) in [6.45, 7) is 0. The van der Waals surface area contributed by atoms with Gasteiger partial charge in [-0.1, -0.05) is 115 Å². The summed E-state index contributed by atoms with van der Waals surface area (Å²) in [6.07, 6.45) is -0.376. The van der Waals surface area contributed by atoms with E-state index in [1.165, 1.54) is 38.3 Å². The number of para-hydroxylation sites is 3. The quantitative estimate of drug-likeness (QED) is 0.176. The van der Waals surface area contributed by atoms with Crippen LogP contribution in [-0.2, 0) is 0 Å². The van der Waals surface area contributed by atoms with Gasteiger partial charge in [0.1, 0.15) is 17.5 Å². The zero-order valence-corrected chi connectivity index (χ0v) is 27.6. The molecule has 3 N–H and O–H groups in total. The third kappa shape index (κ3) is 4.41. The van der Waals surface area contributed by atoms with E-state index >= 15 is 0 Å². The average Bonchev–Trinajstić information content (AvgIpc) is 3.83. The van der Waals surface area contributed by atoms with Gasteiger partial charge in [-0.2, -0.15) is 0 Å². The van der Waals surface area contributed by atoms with Gasteiger partial charge in [0.15, 0.2) is 0 Å². The van der Waals surface area contributed by atoms with Crippen LogP contribution < -0.4 is 16.0 Å². The molecule has 0 amide bonds. The predicted octanol–water partition coefficient (Wildman–Crippen LogP) is 10.4. The number of furan rings is 1. The van der Waals surface area contributed by atoms with Gasteiger partial charge in [0, 0.05) is 38.0 Å². The molecule has 2 atom stereocenters. The van der Waals surface area contributed by atoms with Crippen LogP contribution in [0.3, 0.4) is 0 Å². The highest BCUT2D eigenvalue weighted by molar-refractivity contribution is 6.21. The molecule has 0 bridgehead atoms. The summed E-state index contributed by atoms with van der Waals surface area (Å²) in [5.74, 6) is 0. The Balaban J connectivity index is 1.19. The van der Waals surface area contributed by atoms with E-state index in [1.54, 1.807) is 0 Å². The average molecular weight is 660 g/mol. The Morgan fingerprint density at radius 2 is 0.922 bits per heavy atom. The van der Waals surface area contributed by atoms with E-state index in [4.69, 9.17) is 4.42 Å². The predicted molar refractivity (Wildman–Crippen MR) is 208 cm³/mol. The van der Waals surface area contributed by atoms with Crippen LogP contribution in [0.5, 0.6) is 0 Å². The number of fused-ring (bicyclic) bond motifs is 9. The maximum Gasteiger partial charge on any atom is 0.142 e. The molecule has 244 valence electrons. The van der Waals surface area contributed by atoms with Gasteiger partial charge in [-0.15, -0.1) is 0 Å². The molecule has 3 aromatic heterocycles. The molecule has 0 radical (unpaired) electrons. The smallest absolute Gasteiger partial charge is 0.142 e. The summed E-state index contributed by atoms with van der Waals surface area (Å²) < 4.78 is 11.3. The molecule has 0 saturated carbocycles. The minimum atomic E-state index is -0.217. The Labute approximate surface area is 293 Å². The summed E-state index contributed by atoms with van der Waals surface area (Å²) in [4.78, 5) is 0. The molecule has 11 rings (SSSR count). The summed E-state index contributed by atoms with van der Waals surface area (Å²) in [5, 5.41) is 18.7. The molecular formula is C45H33N5O. The third-order valence-electron chi connectivity index (χ3n) is 10.6. The first-order chi connectivity index (χ1) is 25.3. The molecule has 1 fully saturated rings. The molecular weight excluding hydrogens is 627 g/mol. The van der Waals surface area contributed by atoms with Crippen LogP contribution in [0.2, 0.25) is 0 Å². The summed E-state index contributed by atoms with van der Waals surface area (Å²) in [7, 11) is 0. The molecule has 0 aliphatic carbocycles. The first kappa shape index (κ1) is 28.6. The van der Waals surface area contributed by atoms with E-state index in [9.17, 15) is 0 Å². The van der Waals surface area contributed by atoms with Gasteiger partial charge in [0.2, 0.25) is 0 Å². The fourth-order valence-electron chi connectivity index (χ4n) is 8.31. The van der Waals surface area contributed by atoms with Crippen LogP contribution in [-0.4, -0.2) is 9.13 Å². The summed E-state index contributed by atoms with van der Waals surface area (Å²) in [5.41, 5.74) is 9.96. The molecule has 2 unspecified atom stereocenters. The van der Waals surface area contributed by atoms with Crippen molar-refractivity contribution in [2.75, 3.05) is 0 Å². The molecule has 7 aromatic carbocycles. The lowest BCUT2D eigenvalue weighted by Gasteiger charge is -2.40. The van der Waals surface area contributed by atoms with E-state index in [1.807, 2.05) is 6.07 Å². The summed E-state index contributed by atoms with van der Waals surface area (Å²) >= 11 is 0. The zero-order valence-electron chi connectivity index (χ0n) is 27.6. The standard InChI is InChI=1S/C45H33N5O/c1-4-14-28(15-5-1)43-46-44(29-16-6-2-7-17-29)48-45(47-43)50-37-22-12-10-20-31(37)33-24-38-34(25-40(33)50)35-27-42-36(32-21-11-13-23-41(32)51-42)26-39(35)49(38)30-18-8-3-9-19-30/h1-27,43-48H. The topological polar surface area (TPSA) is 59.1 Å². The van der Waals surface area contributed by atoms with Crippen LogP contribution in [0.25, 0.3) is 71.2 Å². The van der Waals surface area contributed by atoms with Gasteiger partial charge in [0.25, 0.3) is 0 Å². The lowest BCUT2D eigenvalue weighted by atomic mass is 10.1. The Morgan fingerprint density at radius 1 is 0.392 bits per heavy atom. The maximum atomic E-state index is 6.45. The maximum absolute atomic E-state index is 6.45. The number of benzene rings is 7. The molecule has 1 aliphatic rings. The number of nitrogens with zero attached hydrogens (tertiary/aromatic N) is 2. The Morgan fingerprint density at radius 3 is 1.63 bits per heavy atom. The fraction of sp³-hybridized carbons (Fsp3) is 0.0667. The summed E-state index contributed by atoms with van der Waals surface area (Å²) in [6, 6.07) is 58.4. The van der Waals surface area contributed by atoms with E-state index in [0.29, 0.717) is 0 Å². The van der Waals surface area contributed by atoms with Crippen molar-refractivity contribution in [2.24, 2.45) is 0 Å². The van der Waals surface area contributed by atoms with Gasteiger partial charge >= 0.3 is 0 Å². The van der Waals surface area contributed by atoms with Crippen molar-refractivity contribution in [1.82, 2.24) is 25.1 Å². The van der Waals surface area contributed by atoms with Crippen molar-refractivity contribution in [3.05, 3.63) is 175 Å². The van der Waals surface area contributed by atoms with E-state index in [0.717, 1.165) is 44.0 Å². The molecule has 4 heterocycles. The molecule has 0 spiro atoms. The van der Waals surface area contributed by atoms with Gasteiger partial charge in [-0.25, -0.2) is 0 Å². The molecule has 6 heteroatoms. The van der Waals surface area contributed by atoms with Gasteiger partial charge in [-0.3, -0.25) is 16.0 Å². The Bertz CT molecular complexity index is 2860. The highest BCUT2D eigenvalue weighted by atomic mass is 16.3. The number of hydrogen-bond acceptors (Lipinski definition) is 4. The molecule has 51 heavy (non-hydrogen) atoms. The zero-order chi connectivity index (χ0) is 33.5. The number of rotatable bonds is 4. The van der Waals surface area contributed by atoms with Crippen molar-refractivity contribution in [3.8, 4) is 5.69 Å². The lowest BCUT2D eigenvalue weighted by Crippen LogP contribution is -2.56. The molecule has 6 nitrogen and oxygen atoms in total. The van der Waals surface area contributed by atoms with Crippen LogP contribution in [0.1, 0.15) is 29.7 Å². The molecule has 1 saturated heterocycles. The van der Waals surface area contributed by atoms with Gasteiger partial charge in [0.05, 0.1) is 34.4 Å². The number of aromatic nitrogens is 2. The van der Waals surface area contributed by atoms with Crippen molar-refractivity contribution in [3.63, 3.8) is 0 Å². The van der Waals surface area contributed by atoms with E-state index in [-0.39, 0.29) is 18.6 Å². The number of hydrogen-bond donors (Lipinski definition) is 3. The fourth-order valence-corrected chi connectivity index (χ4v) is 8.31. The second kappa shape index (κ2) is 11.2. The van der Waals surface area contributed by atoms with Crippen molar-refractivity contribution in [2.45, 2.75) is 18.6 Å². The highest BCUT2D eigenvalue weighted by Crippen LogP contribution is 2.42. The number of nitrogens with one attached hydrogen (secondary N) is 3.